The van der Waals surface area contributed by atoms with Gasteiger partial charge in [0.05, 0.1) is 0 Å². The van der Waals surface area contributed by atoms with Crippen LogP contribution in [0.3, 0.4) is 0 Å². The van der Waals surface area contributed by atoms with Crippen LogP contribution in [0.1, 0.15) is 18.2 Å². The topological polar surface area (TPSA) is 30.4 Å². The summed E-state index contributed by atoms with van der Waals surface area (Å²) in [6.45, 7) is 4.20. The molecule has 2 N–H and O–H groups in total. The molecule has 0 aliphatic carbocycles. The summed E-state index contributed by atoms with van der Waals surface area (Å²) in [5.41, 5.74) is 8.41. The maximum absolute atomic E-state index is 5.93. The third-order valence-corrected chi connectivity index (χ3v) is 3.10. The van der Waals surface area contributed by atoms with Gasteiger partial charge in [-0.1, -0.05) is 6.92 Å². The predicted molar refractivity (Wildman–Crippen MR) is 53.8 cm³/mol. The standard InChI is InChI=1S/C9H12N2S/c1-3-7-5-12-8-4-6(2)9(10)11(7)8/h4-5H,3,10H2,1-2H3. The zero-order valence-corrected chi connectivity index (χ0v) is 8.11. The number of hydrogen-bond acceptors (Lipinski definition) is 2. The molecular weight excluding hydrogens is 168 g/mol. The smallest absolute Gasteiger partial charge is 0.111 e. The number of aryl methyl sites for hydroxylation is 2. The lowest BCUT2D eigenvalue weighted by Gasteiger charge is -1.97. The molecule has 0 aliphatic heterocycles. The van der Waals surface area contributed by atoms with E-state index in [0.29, 0.717) is 0 Å². The Morgan fingerprint density at radius 2 is 2.33 bits per heavy atom. The highest BCUT2D eigenvalue weighted by molar-refractivity contribution is 7.15. The minimum absolute atomic E-state index is 0.892. The van der Waals surface area contributed by atoms with Crippen LogP contribution < -0.4 is 5.73 Å². The molecule has 2 aromatic heterocycles. The first-order chi connectivity index (χ1) is 5.74. The summed E-state index contributed by atoms with van der Waals surface area (Å²) in [6.07, 6.45) is 1.04. The highest BCUT2D eigenvalue weighted by Gasteiger charge is 2.07. The van der Waals surface area contributed by atoms with Crippen molar-refractivity contribution in [3.05, 3.63) is 22.7 Å². The van der Waals surface area contributed by atoms with Gasteiger partial charge in [0.2, 0.25) is 0 Å². The molecular formula is C9H12N2S. The molecule has 0 amide bonds. The fourth-order valence-electron chi connectivity index (χ4n) is 1.42. The minimum atomic E-state index is 0.892. The molecule has 0 saturated carbocycles. The Bertz CT molecular complexity index is 411. The summed E-state index contributed by atoms with van der Waals surface area (Å²) >= 11 is 1.76. The van der Waals surface area contributed by atoms with Crippen LogP contribution in [0.15, 0.2) is 11.4 Å². The lowest BCUT2D eigenvalue weighted by atomic mass is 10.3. The fraction of sp³-hybridized carbons (Fsp3) is 0.333. The van der Waals surface area contributed by atoms with E-state index in [2.05, 4.69) is 29.7 Å². The van der Waals surface area contributed by atoms with Crippen LogP contribution in [-0.2, 0) is 6.42 Å². The van der Waals surface area contributed by atoms with Crippen molar-refractivity contribution in [3.63, 3.8) is 0 Å². The Hall–Kier alpha value is -0.960. The molecule has 0 unspecified atom stereocenters. The molecule has 0 radical (unpaired) electrons. The summed E-state index contributed by atoms with van der Waals surface area (Å²) in [7, 11) is 0. The normalized spacial score (nSPS) is 11.2. The average Bonchev–Trinajstić information content (AvgIpc) is 2.55. The van der Waals surface area contributed by atoms with Gasteiger partial charge in [0, 0.05) is 11.1 Å². The Kier molecular flexibility index (Phi) is 1.61. The Labute approximate surface area is 75.6 Å². The van der Waals surface area contributed by atoms with Crippen molar-refractivity contribution < 1.29 is 0 Å². The summed E-state index contributed by atoms with van der Waals surface area (Å²) in [5, 5.41) is 2.17. The molecule has 0 spiro atoms. The van der Waals surface area contributed by atoms with Crippen molar-refractivity contribution >= 4 is 22.0 Å². The number of thiazole rings is 1. The molecule has 12 heavy (non-hydrogen) atoms. The SMILES string of the molecule is CCc1csc2cc(C)c(N)n12. The van der Waals surface area contributed by atoms with E-state index in [1.165, 1.54) is 16.1 Å². The number of nitrogens with zero attached hydrogens (tertiary/aromatic N) is 1. The monoisotopic (exact) mass is 180 g/mol. The number of aromatic nitrogens is 1. The van der Waals surface area contributed by atoms with Crippen molar-refractivity contribution in [1.29, 1.82) is 0 Å². The van der Waals surface area contributed by atoms with Crippen LogP contribution in [0.5, 0.6) is 0 Å². The Morgan fingerprint density at radius 3 is 3.00 bits per heavy atom. The van der Waals surface area contributed by atoms with Gasteiger partial charge < -0.3 is 5.73 Å². The van der Waals surface area contributed by atoms with Crippen LogP contribution >= 0.6 is 11.3 Å². The van der Waals surface area contributed by atoms with Gasteiger partial charge >= 0.3 is 0 Å². The van der Waals surface area contributed by atoms with Gasteiger partial charge in [-0.05, 0) is 25.0 Å². The molecule has 64 valence electrons. The number of anilines is 1. The number of nitrogens with two attached hydrogens (primary N) is 1. The molecule has 0 fully saturated rings. The minimum Gasteiger partial charge on any atom is -0.385 e. The molecule has 0 bridgehead atoms. The van der Waals surface area contributed by atoms with Crippen molar-refractivity contribution in [1.82, 2.24) is 4.40 Å². The van der Waals surface area contributed by atoms with Gasteiger partial charge in [0.15, 0.2) is 0 Å². The quantitative estimate of drug-likeness (QED) is 0.718. The summed E-state index contributed by atoms with van der Waals surface area (Å²) < 4.78 is 2.14. The first kappa shape index (κ1) is 7.68. The third-order valence-electron chi connectivity index (χ3n) is 2.17. The first-order valence-corrected chi connectivity index (χ1v) is 4.96. The molecule has 2 rings (SSSR count). The average molecular weight is 180 g/mol. The lowest BCUT2D eigenvalue weighted by molar-refractivity contribution is 1.01. The molecule has 3 heteroatoms. The second-order valence-corrected chi connectivity index (χ2v) is 3.86. The van der Waals surface area contributed by atoms with Crippen molar-refractivity contribution in [3.8, 4) is 0 Å². The zero-order chi connectivity index (χ0) is 8.72. The molecule has 2 aromatic rings. The van der Waals surface area contributed by atoms with E-state index in [-0.39, 0.29) is 0 Å². The van der Waals surface area contributed by atoms with E-state index in [0.717, 1.165) is 12.2 Å². The van der Waals surface area contributed by atoms with E-state index in [1.807, 2.05) is 0 Å². The number of fused-ring (bicyclic) bond motifs is 1. The van der Waals surface area contributed by atoms with Crippen molar-refractivity contribution in [2.24, 2.45) is 0 Å². The number of rotatable bonds is 1. The van der Waals surface area contributed by atoms with Crippen LogP contribution in [0.4, 0.5) is 5.82 Å². The number of nitrogen functional groups attached to an aromatic ring is 1. The van der Waals surface area contributed by atoms with Gasteiger partial charge in [-0.15, -0.1) is 11.3 Å². The highest BCUT2D eigenvalue weighted by atomic mass is 32.1. The molecule has 0 saturated heterocycles. The molecule has 0 aromatic carbocycles. The Morgan fingerprint density at radius 1 is 1.58 bits per heavy atom. The van der Waals surface area contributed by atoms with Crippen LogP contribution in [0, 0.1) is 6.92 Å². The zero-order valence-electron chi connectivity index (χ0n) is 7.29. The van der Waals surface area contributed by atoms with Crippen LogP contribution in [0.2, 0.25) is 0 Å². The third kappa shape index (κ3) is 0.862. The van der Waals surface area contributed by atoms with Gasteiger partial charge in [0.25, 0.3) is 0 Å². The molecule has 0 aliphatic rings. The lowest BCUT2D eigenvalue weighted by Crippen LogP contribution is -1.96. The molecule has 2 nitrogen and oxygen atoms in total. The maximum atomic E-state index is 5.93. The van der Waals surface area contributed by atoms with Gasteiger partial charge in [-0.3, -0.25) is 4.40 Å². The van der Waals surface area contributed by atoms with E-state index in [9.17, 15) is 0 Å². The summed E-state index contributed by atoms with van der Waals surface area (Å²) in [6, 6.07) is 2.14. The summed E-state index contributed by atoms with van der Waals surface area (Å²) in [5.74, 6) is 0.892. The van der Waals surface area contributed by atoms with Gasteiger partial charge in [-0.25, -0.2) is 0 Å². The second-order valence-electron chi connectivity index (χ2n) is 2.97. The van der Waals surface area contributed by atoms with E-state index < -0.39 is 0 Å². The van der Waals surface area contributed by atoms with E-state index >= 15 is 0 Å². The van der Waals surface area contributed by atoms with Crippen LogP contribution in [-0.4, -0.2) is 4.40 Å². The predicted octanol–water partition coefficient (Wildman–Crippen LogP) is 2.45. The second kappa shape index (κ2) is 2.52. The largest absolute Gasteiger partial charge is 0.385 e. The van der Waals surface area contributed by atoms with Gasteiger partial charge in [0.1, 0.15) is 10.6 Å². The highest BCUT2D eigenvalue weighted by Crippen LogP contribution is 2.25. The summed E-state index contributed by atoms with van der Waals surface area (Å²) in [4.78, 5) is 1.25. The van der Waals surface area contributed by atoms with Crippen molar-refractivity contribution in [2.45, 2.75) is 20.3 Å². The first-order valence-electron chi connectivity index (χ1n) is 4.08. The fourth-order valence-corrected chi connectivity index (χ4v) is 2.52. The molecule has 2 heterocycles. The van der Waals surface area contributed by atoms with Crippen molar-refractivity contribution in [2.75, 3.05) is 5.73 Å². The Balaban J connectivity index is 2.82. The van der Waals surface area contributed by atoms with E-state index in [4.69, 9.17) is 5.73 Å². The molecule has 0 atom stereocenters. The maximum Gasteiger partial charge on any atom is 0.111 e. The van der Waals surface area contributed by atoms with Crippen LogP contribution in [0.25, 0.3) is 4.83 Å². The number of hydrogen-bond donors (Lipinski definition) is 1. The van der Waals surface area contributed by atoms with Gasteiger partial charge in [-0.2, -0.15) is 0 Å². The van der Waals surface area contributed by atoms with E-state index in [1.54, 1.807) is 11.3 Å².